The third kappa shape index (κ3) is 6.15. The molecule has 0 saturated carbocycles. The number of amides is 1. The summed E-state index contributed by atoms with van der Waals surface area (Å²) < 4.78 is 6.01. The highest BCUT2D eigenvalue weighted by Gasteiger charge is 2.24. The second-order valence-corrected chi connectivity index (χ2v) is 6.04. The lowest BCUT2D eigenvalue weighted by molar-refractivity contribution is -0.142. The van der Waals surface area contributed by atoms with Gasteiger partial charge < -0.3 is 15.2 Å². The van der Waals surface area contributed by atoms with Gasteiger partial charge in [0.25, 0.3) is 0 Å². The fourth-order valence-electron chi connectivity index (χ4n) is 2.16. The highest BCUT2D eigenvalue weighted by Crippen LogP contribution is 2.17. The van der Waals surface area contributed by atoms with Crippen molar-refractivity contribution in [3.8, 4) is 0 Å². The van der Waals surface area contributed by atoms with E-state index >= 15 is 0 Å². The molecular weight excluding hydrogens is 350 g/mol. The Labute approximate surface area is 139 Å². The first-order valence-electron chi connectivity index (χ1n) is 7.24. The first-order valence-corrected chi connectivity index (χ1v) is 8.03. The number of benzene rings is 1. The Morgan fingerprint density at radius 3 is 2.68 bits per heavy atom. The molecule has 0 fully saturated rings. The van der Waals surface area contributed by atoms with Crippen LogP contribution < -0.4 is 5.32 Å². The van der Waals surface area contributed by atoms with Crippen LogP contribution >= 0.6 is 15.9 Å². The molecule has 0 aliphatic heterocycles. The predicted molar refractivity (Wildman–Crippen MR) is 87.7 cm³/mol. The van der Waals surface area contributed by atoms with Gasteiger partial charge in [0, 0.05) is 24.1 Å². The molecule has 5 nitrogen and oxygen atoms in total. The zero-order valence-corrected chi connectivity index (χ0v) is 14.4. The molecule has 122 valence electrons. The molecule has 0 heterocycles. The Kier molecular flexibility index (Phi) is 8.12. The monoisotopic (exact) mass is 371 g/mol. The van der Waals surface area contributed by atoms with Gasteiger partial charge in [0.2, 0.25) is 5.91 Å². The molecule has 0 aliphatic rings. The fraction of sp³-hybridized carbons (Fsp3) is 0.500. The van der Waals surface area contributed by atoms with E-state index in [4.69, 9.17) is 9.84 Å². The maximum Gasteiger partial charge on any atom is 0.326 e. The number of carbonyl (C=O) groups is 2. The SMILES string of the molecule is CCC(NC(=O)C(CCOC)Cc1cccc(Br)c1)C(=O)O. The molecule has 0 radical (unpaired) electrons. The molecule has 0 spiro atoms. The van der Waals surface area contributed by atoms with Gasteiger partial charge in [-0.05, 0) is 37.0 Å². The number of ether oxygens (including phenoxy) is 1. The number of hydrogen-bond acceptors (Lipinski definition) is 3. The third-order valence-corrected chi connectivity index (χ3v) is 3.93. The van der Waals surface area contributed by atoms with E-state index in [1.807, 2.05) is 24.3 Å². The van der Waals surface area contributed by atoms with Crippen molar-refractivity contribution in [2.24, 2.45) is 5.92 Å². The van der Waals surface area contributed by atoms with Crippen LogP contribution in [0, 0.1) is 5.92 Å². The number of carboxylic acid groups (broad SMARTS) is 1. The van der Waals surface area contributed by atoms with E-state index in [0.29, 0.717) is 25.9 Å². The van der Waals surface area contributed by atoms with Crippen LogP contribution in [0.3, 0.4) is 0 Å². The number of halogens is 1. The minimum absolute atomic E-state index is 0.244. The van der Waals surface area contributed by atoms with Crippen LogP contribution in [-0.4, -0.2) is 36.7 Å². The summed E-state index contributed by atoms with van der Waals surface area (Å²) in [6.45, 7) is 2.19. The minimum Gasteiger partial charge on any atom is -0.480 e. The molecule has 1 aromatic rings. The summed E-state index contributed by atoms with van der Waals surface area (Å²) in [5.41, 5.74) is 1.02. The molecule has 0 aromatic heterocycles. The number of carboxylic acids is 1. The standard InChI is InChI=1S/C16H22BrNO4/c1-3-14(16(20)21)18-15(19)12(7-8-22-2)9-11-5-4-6-13(17)10-11/h4-6,10,12,14H,3,7-9H2,1-2H3,(H,18,19)(H,20,21). The van der Waals surface area contributed by atoms with Crippen molar-refractivity contribution in [3.05, 3.63) is 34.3 Å². The van der Waals surface area contributed by atoms with Gasteiger partial charge in [0.15, 0.2) is 0 Å². The highest BCUT2D eigenvalue weighted by atomic mass is 79.9. The van der Waals surface area contributed by atoms with Crippen LogP contribution in [0.25, 0.3) is 0 Å². The summed E-state index contributed by atoms with van der Waals surface area (Å²) >= 11 is 3.41. The first-order chi connectivity index (χ1) is 10.5. The second kappa shape index (κ2) is 9.58. The summed E-state index contributed by atoms with van der Waals surface area (Å²) in [6, 6.07) is 6.90. The molecule has 6 heteroatoms. The van der Waals surface area contributed by atoms with Crippen LogP contribution in [0.2, 0.25) is 0 Å². The summed E-state index contributed by atoms with van der Waals surface area (Å²) in [4.78, 5) is 23.4. The molecule has 1 amide bonds. The van der Waals surface area contributed by atoms with Crippen molar-refractivity contribution in [3.63, 3.8) is 0 Å². The smallest absolute Gasteiger partial charge is 0.326 e. The first kappa shape index (κ1) is 18.6. The summed E-state index contributed by atoms with van der Waals surface area (Å²) in [5, 5.41) is 11.7. The van der Waals surface area contributed by atoms with Crippen molar-refractivity contribution < 1.29 is 19.4 Å². The van der Waals surface area contributed by atoms with Crippen molar-refractivity contribution >= 4 is 27.8 Å². The van der Waals surface area contributed by atoms with Gasteiger partial charge in [-0.15, -0.1) is 0 Å². The Balaban J connectivity index is 2.78. The zero-order chi connectivity index (χ0) is 16.5. The van der Waals surface area contributed by atoms with Crippen molar-refractivity contribution in [1.82, 2.24) is 5.32 Å². The molecule has 0 bridgehead atoms. The van der Waals surface area contributed by atoms with Crippen LogP contribution in [0.4, 0.5) is 0 Å². The van der Waals surface area contributed by atoms with Gasteiger partial charge in [-0.25, -0.2) is 4.79 Å². The Hall–Kier alpha value is -1.40. The average molecular weight is 372 g/mol. The molecule has 2 atom stereocenters. The van der Waals surface area contributed by atoms with E-state index in [9.17, 15) is 9.59 Å². The molecule has 0 aliphatic carbocycles. The molecule has 1 aromatic carbocycles. The minimum atomic E-state index is -1.01. The summed E-state index contributed by atoms with van der Waals surface area (Å²) in [7, 11) is 1.58. The lowest BCUT2D eigenvalue weighted by atomic mass is 9.95. The number of nitrogens with one attached hydrogen (secondary N) is 1. The summed E-state index contributed by atoms with van der Waals surface area (Å²) in [5.74, 6) is -1.57. The number of aliphatic carboxylic acids is 1. The van der Waals surface area contributed by atoms with Crippen LogP contribution in [-0.2, 0) is 20.7 Å². The van der Waals surface area contributed by atoms with E-state index in [1.54, 1.807) is 14.0 Å². The average Bonchev–Trinajstić information content (AvgIpc) is 2.48. The quantitative estimate of drug-likeness (QED) is 0.699. The largest absolute Gasteiger partial charge is 0.480 e. The molecule has 1 rings (SSSR count). The molecular formula is C16H22BrNO4. The van der Waals surface area contributed by atoms with Gasteiger partial charge in [-0.2, -0.15) is 0 Å². The molecule has 2 N–H and O–H groups in total. The van der Waals surface area contributed by atoms with Gasteiger partial charge in [0.1, 0.15) is 6.04 Å². The maximum absolute atomic E-state index is 12.4. The van der Waals surface area contributed by atoms with Gasteiger partial charge in [0.05, 0.1) is 0 Å². The third-order valence-electron chi connectivity index (χ3n) is 3.44. The van der Waals surface area contributed by atoms with E-state index in [2.05, 4.69) is 21.2 Å². The van der Waals surface area contributed by atoms with Gasteiger partial charge in [-0.1, -0.05) is 35.0 Å². The normalized spacial score (nSPS) is 13.4. The second-order valence-electron chi connectivity index (χ2n) is 5.12. The molecule has 0 saturated heterocycles. The fourth-order valence-corrected chi connectivity index (χ4v) is 2.61. The number of hydrogen-bond donors (Lipinski definition) is 2. The Morgan fingerprint density at radius 1 is 1.41 bits per heavy atom. The van der Waals surface area contributed by atoms with Crippen LogP contribution in [0.5, 0.6) is 0 Å². The zero-order valence-electron chi connectivity index (χ0n) is 12.8. The van der Waals surface area contributed by atoms with Crippen LogP contribution in [0.15, 0.2) is 28.7 Å². The van der Waals surface area contributed by atoms with E-state index in [0.717, 1.165) is 10.0 Å². The lowest BCUT2D eigenvalue weighted by Gasteiger charge is -2.19. The Bertz CT molecular complexity index is 507. The topological polar surface area (TPSA) is 75.6 Å². The number of methoxy groups -OCH3 is 1. The van der Waals surface area contributed by atoms with Gasteiger partial charge in [-0.3, -0.25) is 4.79 Å². The summed E-state index contributed by atoms with van der Waals surface area (Å²) in [6.07, 6.45) is 1.45. The lowest BCUT2D eigenvalue weighted by Crippen LogP contribution is -2.44. The number of rotatable bonds is 9. The number of carbonyl (C=O) groups excluding carboxylic acids is 1. The van der Waals surface area contributed by atoms with E-state index < -0.39 is 12.0 Å². The van der Waals surface area contributed by atoms with E-state index in [-0.39, 0.29) is 11.8 Å². The van der Waals surface area contributed by atoms with E-state index in [1.165, 1.54) is 0 Å². The Morgan fingerprint density at radius 2 is 2.14 bits per heavy atom. The predicted octanol–water partition coefficient (Wildman–Crippen LogP) is 2.62. The molecule has 22 heavy (non-hydrogen) atoms. The van der Waals surface area contributed by atoms with Crippen molar-refractivity contribution in [2.75, 3.05) is 13.7 Å². The van der Waals surface area contributed by atoms with Crippen molar-refractivity contribution in [2.45, 2.75) is 32.2 Å². The highest BCUT2D eigenvalue weighted by molar-refractivity contribution is 9.10. The van der Waals surface area contributed by atoms with Gasteiger partial charge >= 0.3 is 5.97 Å². The molecule has 2 unspecified atom stereocenters. The maximum atomic E-state index is 12.4. The van der Waals surface area contributed by atoms with Crippen LogP contribution in [0.1, 0.15) is 25.3 Å². The van der Waals surface area contributed by atoms with Crippen molar-refractivity contribution in [1.29, 1.82) is 0 Å².